The van der Waals surface area contributed by atoms with Crippen LogP contribution in [0.5, 0.6) is 5.75 Å². The summed E-state index contributed by atoms with van der Waals surface area (Å²) in [7, 11) is 0. The predicted molar refractivity (Wildman–Crippen MR) is 95.6 cm³/mol. The Kier molecular flexibility index (Phi) is 6.06. The Balaban J connectivity index is 1.71. The van der Waals surface area contributed by atoms with Crippen molar-refractivity contribution in [2.75, 3.05) is 0 Å². The standard InChI is InChI=1S/C21H22FNO4/c22-16-5-3-4-15(12-16)21(26)23-19(13-20(24)25)14-8-10-18(11-9-14)27-17-6-1-2-7-17/h3-5,8-12,17,19H,1-2,6-7,13H2,(H,23,26)(H,24,25)/p-1/t19-/m0/s1. The Hall–Kier alpha value is -2.89. The topological polar surface area (TPSA) is 78.5 Å². The van der Waals surface area contributed by atoms with Gasteiger partial charge in [-0.25, -0.2) is 4.39 Å². The number of benzene rings is 2. The van der Waals surface area contributed by atoms with Gasteiger partial charge >= 0.3 is 0 Å². The van der Waals surface area contributed by atoms with Crippen molar-refractivity contribution in [3.8, 4) is 5.75 Å². The van der Waals surface area contributed by atoms with Crippen LogP contribution in [-0.4, -0.2) is 18.0 Å². The first-order chi connectivity index (χ1) is 13.0. The third-order valence-corrected chi connectivity index (χ3v) is 4.65. The Morgan fingerprint density at radius 1 is 1.15 bits per heavy atom. The molecule has 3 rings (SSSR count). The second-order valence-corrected chi connectivity index (χ2v) is 6.71. The Morgan fingerprint density at radius 3 is 2.48 bits per heavy atom. The molecule has 1 aliphatic rings. The van der Waals surface area contributed by atoms with Crippen molar-refractivity contribution in [3.63, 3.8) is 0 Å². The van der Waals surface area contributed by atoms with Crippen LogP contribution in [0.2, 0.25) is 0 Å². The number of carbonyl (C=O) groups excluding carboxylic acids is 2. The van der Waals surface area contributed by atoms with E-state index in [2.05, 4.69) is 5.32 Å². The summed E-state index contributed by atoms with van der Waals surface area (Å²) in [5.41, 5.74) is 0.738. The number of carbonyl (C=O) groups is 2. The molecule has 0 aromatic heterocycles. The van der Waals surface area contributed by atoms with E-state index in [-0.39, 0.29) is 18.1 Å². The van der Waals surface area contributed by atoms with Crippen molar-refractivity contribution < 1.29 is 23.8 Å². The van der Waals surface area contributed by atoms with Crippen LogP contribution in [0.4, 0.5) is 4.39 Å². The van der Waals surface area contributed by atoms with Gasteiger partial charge in [-0.15, -0.1) is 0 Å². The van der Waals surface area contributed by atoms with Gasteiger partial charge in [0.15, 0.2) is 0 Å². The first kappa shape index (κ1) is 18.9. The average Bonchev–Trinajstić information content (AvgIpc) is 3.14. The van der Waals surface area contributed by atoms with Gasteiger partial charge in [-0.3, -0.25) is 4.79 Å². The highest BCUT2D eigenvalue weighted by atomic mass is 19.1. The molecular formula is C21H21FNO4-. The fourth-order valence-electron chi connectivity index (χ4n) is 3.27. The van der Waals surface area contributed by atoms with Gasteiger partial charge in [0.2, 0.25) is 0 Å². The molecule has 1 fully saturated rings. The molecule has 6 heteroatoms. The fourth-order valence-corrected chi connectivity index (χ4v) is 3.27. The molecule has 0 spiro atoms. The summed E-state index contributed by atoms with van der Waals surface area (Å²) in [6, 6.07) is 11.4. The van der Waals surface area contributed by atoms with Crippen molar-refractivity contribution in [2.24, 2.45) is 0 Å². The lowest BCUT2D eigenvalue weighted by Gasteiger charge is -2.21. The van der Waals surface area contributed by atoms with Crippen LogP contribution in [-0.2, 0) is 4.79 Å². The first-order valence-electron chi connectivity index (χ1n) is 9.04. The van der Waals surface area contributed by atoms with Crippen molar-refractivity contribution in [2.45, 2.75) is 44.2 Å². The molecule has 1 saturated carbocycles. The Bertz CT molecular complexity index is 800. The summed E-state index contributed by atoms with van der Waals surface area (Å²) in [5, 5.41) is 13.7. The molecule has 1 N–H and O–H groups in total. The lowest BCUT2D eigenvalue weighted by atomic mass is 10.0. The second-order valence-electron chi connectivity index (χ2n) is 6.71. The molecule has 0 radical (unpaired) electrons. The van der Waals surface area contributed by atoms with Crippen molar-refractivity contribution in [1.29, 1.82) is 0 Å². The molecule has 1 aliphatic carbocycles. The molecule has 5 nitrogen and oxygen atoms in total. The van der Waals surface area contributed by atoms with E-state index in [9.17, 15) is 19.1 Å². The Morgan fingerprint density at radius 2 is 1.85 bits per heavy atom. The molecule has 0 aliphatic heterocycles. The molecule has 1 atom stereocenters. The van der Waals surface area contributed by atoms with E-state index in [1.54, 1.807) is 24.3 Å². The van der Waals surface area contributed by atoms with Gasteiger partial charge in [0.25, 0.3) is 5.91 Å². The van der Waals surface area contributed by atoms with Gasteiger partial charge in [0.05, 0.1) is 12.1 Å². The van der Waals surface area contributed by atoms with E-state index in [4.69, 9.17) is 4.74 Å². The summed E-state index contributed by atoms with van der Waals surface area (Å²) in [6.45, 7) is 0. The average molecular weight is 370 g/mol. The number of carboxylic acid groups (broad SMARTS) is 1. The van der Waals surface area contributed by atoms with E-state index in [0.717, 1.165) is 18.9 Å². The van der Waals surface area contributed by atoms with Crippen molar-refractivity contribution in [3.05, 3.63) is 65.5 Å². The van der Waals surface area contributed by atoms with Gasteiger partial charge in [-0.1, -0.05) is 18.2 Å². The summed E-state index contributed by atoms with van der Waals surface area (Å²) in [6.07, 6.45) is 4.26. The molecule has 142 valence electrons. The summed E-state index contributed by atoms with van der Waals surface area (Å²) < 4.78 is 19.2. The molecule has 0 unspecified atom stereocenters. The van der Waals surface area contributed by atoms with Crippen molar-refractivity contribution in [1.82, 2.24) is 5.32 Å². The summed E-state index contributed by atoms with van der Waals surface area (Å²) in [4.78, 5) is 23.4. The SMILES string of the molecule is O=C([O-])C[C@H](NC(=O)c1cccc(F)c1)c1ccc(OC2CCCC2)cc1. The van der Waals surface area contributed by atoms with Gasteiger partial charge < -0.3 is 20.0 Å². The van der Waals surface area contributed by atoms with Gasteiger partial charge in [-0.05, 0) is 61.6 Å². The maximum Gasteiger partial charge on any atom is 0.251 e. The number of rotatable bonds is 7. The van der Waals surface area contributed by atoms with Crippen LogP contribution in [0.1, 0.15) is 54.1 Å². The molecular weight excluding hydrogens is 349 g/mol. The van der Waals surface area contributed by atoms with Gasteiger partial charge in [0, 0.05) is 18.0 Å². The molecule has 1 amide bonds. The minimum Gasteiger partial charge on any atom is -0.550 e. The van der Waals surface area contributed by atoms with Crippen LogP contribution in [0.25, 0.3) is 0 Å². The number of nitrogens with one attached hydrogen (secondary N) is 1. The monoisotopic (exact) mass is 370 g/mol. The maximum atomic E-state index is 13.3. The lowest BCUT2D eigenvalue weighted by molar-refractivity contribution is -0.306. The number of halogens is 1. The number of amides is 1. The molecule has 27 heavy (non-hydrogen) atoms. The van der Waals surface area contributed by atoms with Crippen LogP contribution in [0.3, 0.4) is 0 Å². The summed E-state index contributed by atoms with van der Waals surface area (Å²) in [5.74, 6) is -1.65. The molecule has 0 bridgehead atoms. The minimum atomic E-state index is -1.29. The normalized spacial score (nSPS) is 15.3. The number of hydrogen-bond acceptors (Lipinski definition) is 4. The summed E-state index contributed by atoms with van der Waals surface area (Å²) >= 11 is 0. The van der Waals surface area contributed by atoms with Crippen LogP contribution < -0.4 is 15.2 Å². The first-order valence-corrected chi connectivity index (χ1v) is 9.04. The number of ether oxygens (including phenoxy) is 1. The quantitative estimate of drug-likeness (QED) is 0.813. The zero-order valence-corrected chi connectivity index (χ0v) is 14.8. The molecule has 0 saturated heterocycles. The maximum absolute atomic E-state index is 13.3. The highest BCUT2D eigenvalue weighted by Crippen LogP contribution is 2.26. The molecule has 2 aromatic rings. The largest absolute Gasteiger partial charge is 0.550 e. The van der Waals surface area contributed by atoms with Gasteiger partial charge in [0.1, 0.15) is 11.6 Å². The van der Waals surface area contributed by atoms with Crippen LogP contribution in [0, 0.1) is 5.82 Å². The number of carboxylic acids is 1. The zero-order valence-electron chi connectivity index (χ0n) is 14.8. The van der Waals surface area contributed by atoms with E-state index in [1.807, 2.05) is 0 Å². The third kappa shape index (κ3) is 5.29. The van der Waals surface area contributed by atoms with Gasteiger partial charge in [-0.2, -0.15) is 0 Å². The second kappa shape index (κ2) is 8.66. The van der Waals surface area contributed by atoms with Crippen LogP contribution in [0.15, 0.2) is 48.5 Å². The number of aliphatic carboxylic acids is 1. The zero-order chi connectivity index (χ0) is 19.2. The van der Waals surface area contributed by atoms with E-state index in [1.165, 1.54) is 31.0 Å². The Labute approximate surface area is 157 Å². The highest BCUT2D eigenvalue weighted by Gasteiger charge is 2.19. The molecule has 0 heterocycles. The van der Waals surface area contributed by atoms with Crippen LogP contribution >= 0.6 is 0 Å². The minimum absolute atomic E-state index is 0.125. The smallest absolute Gasteiger partial charge is 0.251 e. The number of hydrogen-bond donors (Lipinski definition) is 1. The van der Waals surface area contributed by atoms with E-state index >= 15 is 0 Å². The highest BCUT2D eigenvalue weighted by molar-refractivity contribution is 5.94. The van der Waals surface area contributed by atoms with E-state index < -0.39 is 23.7 Å². The van der Waals surface area contributed by atoms with Crippen molar-refractivity contribution >= 4 is 11.9 Å². The fraction of sp³-hybridized carbons (Fsp3) is 0.333. The molecule has 2 aromatic carbocycles. The van der Waals surface area contributed by atoms with E-state index in [0.29, 0.717) is 11.3 Å². The predicted octanol–water partition coefficient (Wildman–Crippen LogP) is 2.76. The lowest BCUT2D eigenvalue weighted by Crippen LogP contribution is -2.34. The third-order valence-electron chi connectivity index (χ3n) is 4.65.